The van der Waals surface area contributed by atoms with Crippen molar-refractivity contribution in [1.29, 1.82) is 0 Å². The monoisotopic (exact) mass is 196 g/mol. The van der Waals surface area contributed by atoms with Gasteiger partial charge in [0.1, 0.15) is 0 Å². The Morgan fingerprint density at radius 1 is 1.69 bits per heavy atom. The van der Waals surface area contributed by atoms with Crippen LogP contribution in [0.1, 0.15) is 29.2 Å². The van der Waals surface area contributed by atoms with E-state index in [9.17, 15) is 4.79 Å². The predicted molar refractivity (Wildman–Crippen MR) is 52.2 cm³/mol. The van der Waals surface area contributed by atoms with Crippen LogP contribution in [0.4, 0.5) is 0 Å². The molecule has 70 valence electrons. The summed E-state index contributed by atoms with van der Waals surface area (Å²) in [5, 5.41) is 11.1. The lowest BCUT2D eigenvalue weighted by molar-refractivity contribution is -0.139. The van der Waals surface area contributed by atoms with Crippen LogP contribution in [-0.2, 0) is 4.79 Å². The van der Waals surface area contributed by atoms with E-state index in [1.807, 2.05) is 18.4 Å². The fourth-order valence-electron chi connectivity index (χ4n) is 1.60. The van der Waals surface area contributed by atoms with Gasteiger partial charge in [-0.2, -0.15) is 0 Å². The van der Waals surface area contributed by atoms with Gasteiger partial charge in [-0.1, -0.05) is 0 Å². The fraction of sp³-hybridized carbons (Fsp3) is 0.500. The molecule has 1 fully saturated rings. The average Bonchev–Trinajstić information content (AvgIpc) is 2.76. The molecule has 1 heterocycles. The van der Waals surface area contributed by atoms with Gasteiger partial charge in [0, 0.05) is 4.88 Å². The molecule has 1 aromatic rings. The molecular weight excluding hydrogens is 184 g/mol. The Labute approximate surface area is 81.2 Å². The molecule has 1 aromatic heterocycles. The number of aliphatic carboxylic acids is 1. The minimum Gasteiger partial charge on any atom is -0.481 e. The van der Waals surface area contributed by atoms with Crippen LogP contribution in [0.2, 0.25) is 0 Å². The second kappa shape index (κ2) is 3.14. The van der Waals surface area contributed by atoms with E-state index in [0.717, 1.165) is 17.7 Å². The maximum atomic E-state index is 11.0. The molecule has 0 aliphatic heterocycles. The van der Waals surface area contributed by atoms with Gasteiger partial charge in [0.25, 0.3) is 0 Å². The molecule has 1 aliphatic carbocycles. The number of carbonyl (C=O) groups is 1. The molecule has 1 aliphatic rings. The maximum Gasteiger partial charge on any atom is 0.312 e. The van der Waals surface area contributed by atoms with Crippen molar-refractivity contribution in [2.45, 2.75) is 25.7 Å². The van der Waals surface area contributed by atoms with Gasteiger partial charge in [-0.3, -0.25) is 4.79 Å². The number of hydrogen-bond acceptors (Lipinski definition) is 2. The van der Waals surface area contributed by atoms with Gasteiger partial charge in [0.05, 0.1) is 5.92 Å². The Morgan fingerprint density at radius 3 is 2.77 bits per heavy atom. The smallest absolute Gasteiger partial charge is 0.312 e. The Bertz CT molecular complexity index is 325. The molecule has 2 nitrogen and oxygen atoms in total. The molecule has 0 amide bonds. The third-order valence-electron chi connectivity index (χ3n) is 2.42. The summed E-state index contributed by atoms with van der Waals surface area (Å²) in [7, 11) is 0. The molecule has 0 bridgehead atoms. The standard InChI is InChI=1S/C10H12O2S/c1-6-4-8(13-5-6)9(10(11)12)7-2-3-7/h4-5,7,9H,2-3H2,1H3,(H,11,12). The molecule has 13 heavy (non-hydrogen) atoms. The Kier molecular flexibility index (Phi) is 2.12. The summed E-state index contributed by atoms with van der Waals surface area (Å²) < 4.78 is 0. The summed E-state index contributed by atoms with van der Waals surface area (Å²) in [5.74, 6) is -0.501. The van der Waals surface area contributed by atoms with Crippen LogP contribution in [0.5, 0.6) is 0 Å². The van der Waals surface area contributed by atoms with Crippen LogP contribution >= 0.6 is 11.3 Å². The van der Waals surface area contributed by atoms with Crippen molar-refractivity contribution in [1.82, 2.24) is 0 Å². The van der Waals surface area contributed by atoms with Crippen LogP contribution in [0.3, 0.4) is 0 Å². The molecule has 3 heteroatoms. The van der Waals surface area contributed by atoms with Crippen molar-refractivity contribution >= 4 is 17.3 Å². The number of rotatable bonds is 3. The van der Waals surface area contributed by atoms with Gasteiger partial charge in [0.15, 0.2) is 0 Å². The van der Waals surface area contributed by atoms with Gasteiger partial charge in [-0.15, -0.1) is 11.3 Å². The number of aryl methyl sites for hydroxylation is 1. The molecule has 2 rings (SSSR count). The third kappa shape index (κ3) is 1.75. The average molecular weight is 196 g/mol. The maximum absolute atomic E-state index is 11.0. The van der Waals surface area contributed by atoms with E-state index in [0.29, 0.717) is 5.92 Å². The van der Waals surface area contributed by atoms with Gasteiger partial charge < -0.3 is 5.11 Å². The molecule has 0 aromatic carbocycles. The van der Waals surface area contributed by atoms with E-state index in [2.05, 4.69) is 0 Å². The fourth-order valence-corrected chi connectivity index (χ4v) is 2.69. The molecule has 0 radical (unpaired) electrons. The first-order chi connectivity index (χ1) is 6.18. The van der Waals surface area contributed by atoms with Gasteiger partial charge in [0.2, 0.25) is 0 Å². The summed E-state index contributed by atoms with van der Waals surface area (Å²) in [6.45, 7) is 2.01. The van der Waals surface area contributed by atoms with E-state index in [-0.39, 0.29) is 5.92 Å². The van der Waals surface area contributed by atoms with E-state index in [1.165, 1.54) is 5.56 Å². The largest absolute Gasteiger partial charge is 0.481 e. The summed E-state index contributed by atoms with van der Waals surface area (Å²) in [6, 6.07) is 2.00. The van der Waals surface area contributed by atoms with Crippen LogP contribution in [0.25, 0.3) is 0 Å². The highest BCUT2D eigenvalue weighted by Gasteiger charge is 2.37. The number of carboxylic acid groups (broad SMARTS) is 1. The van der Waals surface area contributed by atoms with Crippen molar-refractivity contribution in [2.75, 3.05) is 0 Å². The van der Waals surface area contributed by atoms with Gasteiger partial charge >= 0.3 is 5.97 Å². The lowest BCUT2D eigenvalue weighted by atomic mass is 10.0. The number of carboxylic acids is 1. The van der Waals surface area contributed by atoms with Crippen molar-refractivity contribution in [3.8, 4) is 0 Å². The van der Waals surface area contributed by atoms with E-state index >= 15 is 0 Å². The van der Waals surface area contributed by atoms with E-state index < -0.39 is 5.97 Å². The summed E-state index contributed by atoms with van der Waals surface area (Å²) in [5.41, 5.74) is 1.17. The van der Waals surface area contributed by atoms with Gasteiger partial charge in [-0.05, 0) is 42.7 Å². The van der Waals surface area contributed by atoms with Gasteiger partial charge in [-0.25, -0.2) is 0 Å². The molecule has 1 atom stereocenters. The van der Waals surface area contributed by atoms with Crippen LogP contribution in [-0.4, -0.2) is 11.1 Å². The normalized spacial score (nSPS) is 18.5. The predicted octanol–water partition coefficient (Wildman–Crippen LogP) is 2.63. The first-order valence-corrected chi connectivity index (χ1v) is 5.34. The molecule has 0 spiro atoms. The lowest BCUT2D eigenvalue weighted by Crippen LogP contribution is -2.11. The highest BCUT2D eigenvalue weighted by atomic mass is 32.1. The zero-order chi connectivity index (χ0) is 9.42. The zero-order valence-corrected chi connectivity index (χ0v) is 8.30. The number of hydrogen-bond donors (Lipinski definition) is 1. The Hall–Kier alpha value is -0.830. The van der Waals surface area contributed by atoms with E-state index in [1.54, 1.807) is 11.3 Å². The highest BCUT2D eigenvalue weighted by Crippen LogP contribution is 2.44. The Balaban J connectivity index is 2.24. The summed E-state index contributed by atoms with van der Waals surface area (Å²) in [4.78, 5) is 12.0. The van der Waals surface area contributed by atoms with Crippen LogP contribution < -0.4 is 0 Å². The molecular formula is C10H12O2S. The highest BCUT2D eigenvalue weighted by molar-refractivity contribution is 7.10. The zero-order valence-electron chi connectivity index (χ0n) is 7.49. The Morgan fingerprint density at radius 2 is 2.38 bits per heavy atom. The topological polar surface area (TPSA) is 37.3 Å². The first kappa shape index (κ1) is 8.75. The second-order valence-electron chi connectivity index (χ2n) is 3.68. The molecule has 1 unspecified atom stereocenters. The minimum atomic E-state index is -0.663. The third-order valence-corrected chi connectivity index (χ3v) is 3.55. The van der Waals surface area contributed by atoms with E-state index in [4.69, 9.17) is 5.11 Å². The minimum absolute atomic E-state index is 0.237. The van der Waals surface area contributed by atoms with Crippen LogP contribution in [0, 0.1) is 12.8 Å². The second-order valence-corrected chi connectivity index (χ2v) is 4.62. The van der Waals surface area contributed by atoms with Crippen molar-refractivity contribution < 1.29 is 9.90 Å². The summed E-state index contributed by atoms with van der Waals surface area (Å²) >= 11 is 1.57. The first-order valence-electron chi connectivity index (χ1n) is 4.46. The number of thiophene rings is 1. The van der Waals surface area contributed by atoms with Crippen molar-refractivity contribution in [3.63, 3.8) is 0 Å². The summed E-state index contributed by atoms with van der Waals surface area (Å²) in [6.07, 6.45) is 2.15. The SMILES string of the molecule is Cc1csc(C(C(=O)O)C2CC2)c1. The van der Waals surface area contributed by atoms with Crippen molar-refractivity contribution in [3.05, 3.63) is 21.9 Å². The molecule has 0 saturated heterocycles. The molecule has 1 N–H and O–H groups in total. The quantitative estimate of drug-likeness (QED) is 0.807. The van der Waals surface area contributed by atoms with Crippen LogP contribution in [0.15, 0.2) is 11.4 Å². The molecule has 1 saturated carbocycles. The van der Waals surface area contributed by atoms with Crippen molar-refractivity contribution in [2.24, 2.45) is 5.92 Å². The lowest BCUT2D eigenvalue weighted by Gasteiger charge is -2.07.